The van der Waals surface area contributed by atoms with Gasteiger partial charge in [-0.05, 0) is 54.2 Å². The molecule has 0 aliphatic carbocycles. The average Bonchev–Trinajstić information content (AvgIpc) is 2.91. The highest BCUT2D eigenvalue weighted by Gasteiger charge is 2.21. The summed E-state index contributed by atoms with van der Waals surface area (Å²) in [5.74, 6) is 0.116. The summed E-state index contributed by atoms with van der Waals surface area (Å²) < 4.78 is 18.5. The van der Waals surface area contributed by atoms with Crippen LogP contribution in [0.25, 0.3) is 0 Å². The molecule has 2 rings (SSSR count). The molecule has 0 bridgehead atoms. The Hall–Kier alpha value is -0.850. The maximum atomic E-state index is 13.5. The smallest absolute Gasteiger partial charge is 0.123 e. The lowest BCUT2D eigenvalue weighted by atomic mass is 10.00. The van der Waals surface area contributed by atoms with Crippen molar-refractivity contribution in [2.24, 2.45) is 0 Å². The van der Waals surface area contributed by atoms with Gasteiger partial charge in [-0.1, -0.05) is 41.2 Å². The summed E-state index contributed by atoms with van der Waals surface area (Å²) in [7, 11) is 0. The van der Waals surface area contributed by atoms with E-state index in [1.165, 1.54) is 17.6 Å². The van der Waals surface area contributed by atoms with Crippen LogP contribution in [-0.4, -0.2) is 16.1 Å². The number of hydrogen-bond donors (Lipinski definition) is 1. The Bertz CT molecular complexity index is 600. The third-order valence-electron chi connectivity index (χ3n) is 3.29. The summed E-state index contributed by atoms with van der Waals surface area (Å²) in [6.07, 6.45) is 0.704. The fraction of sp³-hybridized carbons (Fsp3) is 0.467. The van der Waals surface area contributed by atoms with Crippen molar-refractivity contribution in [1.82, 2.24) is 14.9 Å². The zero-order valence-corrected chi connectivity index (χ0v) is 14.8. The van der Waals surface area contributed by atoms with E-state index >= 15 is 0 Å². The fourth-order valence-corrected chi connectivity index (χ4v) is 3.56. The van der Waals surface area contributed by atoms with Gasteiger partial charge >= 0.3 is 0 Å². The molecule has 1 atom stereocenters. The molecule has 1 heterocycles. The summed E-state index contributed by atoms with van der Waals surface area (Å²) in [5.41, 5.74) is 1.97. The number of rotatable bonds is 6. The van der Waals surface area contributed by atoms with Gasteiger partial charge in [-0.2, -0.15) is 0 Å². The second-order valence-electron chi connectivity index (χ2n) is 5.23. The van der Waals surface area contributed by atoms with E-state index in [4.69, 9.17) is 0 Å². The molecule has 0 amide bonds. The first-order valence-electron chi connectivity index (χ1n) is 7.02. The molecule has 1 N–H and O–H groups in total. The maximum Gasteiger partial charge on any atom is 0.123 e. The molecular formula is C15H19BrFN3S. The molecule has 6 heteroatoms. The maximum absolute atomic E-state index is 13.5. The Morgan fingerprint density at radius 3 is 2.81 bits per heavy atom. The van der Waals surface area contributed by atoms with E-state index < -0.39 is 0 Å². The Morgan fingerprint density at radius 2 is 2.14 bits per heavy atom. The van der Waals surface area contributed by atoms with Gasteiger partial charge < -0.3 is 5.32 Å². The van der Waals surface area contributed by atoms with Crippen molar-refractivity contribution in [2.45, 2.75) is 39.2 Å². The Morgan fingerprint density at radius 1 is 1.38 bits per heavy atom. The van der Waals surface area contributed by atoms with Gasteiger partial charge in [0.2, 0.25) is 0 Å². The SMILES string of the molecule is CCNC(Cc1cc(F)ccc1Br)c1snnc1C(C)C. The van der Waals surface area contributed by atoms with Crippen LogP contribution in [0.1, 0.15) is 48.9 Å². The monoisotopic (exact) mass is 371 g/mol. The summed E-state index contributed by atoms with van der Waals surface area (Å²) >= 11 is 4.92. The first kappa shape index (κ1) is 16.5. The van der Waals surface area contributed by atoms with Crippen molar-refractivity contribution in [3.8, 4) is 0 Å². The van der Waals surface area contributed by atoms with Crippen LogP contribution in [0.3, 0.4) is 0 Å². The van der Waals surface area contributed by atoms with Crippen LogP contribution >= 0.6 is 27.5 Å². The van der Waals surface area contributed by atoms with Crippen molar-refractivity contribution in [3.63, 3.8) is 0 Å². The average molecular weight is 372 g/mol. The van der Waals surface area contributed by atoms with Gasteiger partial charge in [-0.25, -0.2) is 4.39 Å². The molecule has 0 saturated heterocycles. The molecule has 2 aromatic rings. The van der Waals surface area contributed by atoms with E-state index in [0.29, 0.717) is 12.3 Å². The van der Waals surface area contributed by atoms with E-state index in [1.54, 1.807) is 12.1 Å². The minimum Gasteiger partial charge on any atom is -0.309 e. The third-order valence-corrected chi connectivity index (χ3v) is 4.91. The minimum atomic E-state index is -0.213. The van der Waals surface area contributed by atoms with Crippen molar-refractivity contribution in [1.29, 1.82) is 0 Å². The first-order valence-corrected chi connectivity index (χ1v) is 8.59. The van der Waals surface area contributed by atoms with Gasteiger partial charge in [0.15, 0.2) is 0 Å². The Labute approximate surface area is 137 Å². The van der Waals surface area contributed by atoms with Crippen LogP contribution in [0, 0.1) is 5.82 Å². The van der Waals surface area contributed by atoms with Crippen molar-refractivity contribution in [2.75, 3.05) is 6.54 Å². The second kappa shape index (κ2) is 7.42. The van der Waals surface area contributed by atoms with Gasteiger partial charge in [-0.3, -0.25) is 0 Å². The second-order valence-corrected chi connectivity index (χ2v) is 6.87. The van der Waals surface area contributed by atoms with Crippen LogP contribution < -0.4 is 5.32 Å². The quantitative estimate of drug-likeness (QED) is 0.814. The van der Waals surface area contributed by atoms with Gasteiger partial charge in [0, 0.05) is 10.5 Å². The van der Waals surface area contributed by atoms with Gasteiger partial charge in [0.1, 0.15) is 5.82 Å². The van der Waals surface area contributed by atoms with Crippen LogP contribution in [0.15, 0.2) is 22.7 Å². The fourth-order valence-electron chi connectivity index (χ4n) is 2.27. The number of benzene rings is 1. The molecule has 0 fully saturated rings. The number of likely N-dealkylation sites (N-methyl/N-ethyl adjacent to an activating group) is 1. The molecule has 0 spiro atoms. The highest BCUT2D eigenvalue weighted by atomic mass is 79.9. The topological polar surface area (TPSA) is 37.8 Å². The number of aromatic nitrogens is 2. The number of halogens is 2. The summed E-state index contributed by atoms with van der Waals surface area (Å²) in [6.45, 7) is 7.13. The third kappa shape index (κ3) is 4.08. The van der Waals surface area contributed by atoms with Crippen molar-refractivity contribution in [3.05, 3.63) is 44.6 Å². The molecule has 0 aliphatic heterocycles. The summed E-state index contributed by atoms with van der Waals surface area (Å²) in [5, 5.41) is 7.71. The first-order chi connectivity index (χ1) is 10.0. The normalized spacial score (nSPS) is 12.9. The molecule has 0 aliphatic rings. The van der Waals surface area contributed by atoms with Crippen LogP contribution in [-0.2, 0) is 6.42 Å². The molecule has 114 valence electrons. The lowest BCUT2D eigenvalue weighted by Gasteiger charge is -2.19. The van der Waals surface area contributed by atoms with Gasteiger partial charge in [0.05, 0.1) is 10.6 Å². The van der Waals surface area contributed by atoms with E-state index in [-0.39, 0.29) is 11.9 Å². The zero-order chi connectivity index (χ0) is 15.4. The zero-order valence-electron chi connectivity index (χ0n) is 12.4. The van der Waals surface area contributed by atoms with Gasteiger partial charge in [0.25, 0.3) is 0 Å². The molecular weight excluding hydrogens is 353 g/mol. The standard InChI is InChI=1S/C15H19BrFN3S/c1-4-18-13(15-14(9(2)3)19-20-21-15)8-10-7-11(17)5-6-12(10)16/h5-7,9,13,18H,4,8H2,1-3H3. The Balaban J connectivity index is 2.31. The van der Waals surface area contributed by atoms with Crippen molar-refractivity contribution >= 4 is 27.5 Å². The van der Waals surface area contributed by atoms with E-state index in [9.17, 15) is 4.39 Å². The van der Waals surface area contributed by atoms with Crippen LogP contribution in [0.2, 0.25) is 0 Å². The van der Waals surface area contributed by atoms with Crippen LogP contribution in [0.4, 0.5) is 4.39 Å². The largest absolute Gasteiger partial charge is 0.309 e. The molecule has 21 heavy (non-hydrogen) atoms. The van der Waals surface area contributed by atoms with Crippen LogP contribution in [0.5, 0.6) is 0 Å². The summed E-state index contributed by atoms with van der Waals surface area (Å²) in [6, 6.07) is 4.90. The van der Waals surface area contributed by atoms with Gasteiger partial charge in [-0.15, -0.1) is 5.10 Å². The van der Waals surface area contributed by atoms with Crippen molar-refractivity contribution < 1.29 is 4.39 Å². The Kier molecular flexibility index (Phi) is 5.84. The number of hydrogen-bond acceptors (Lipinski definition) is 4. The van der Waals surface area contributed by atoms with E-state index in [2.05, 4.69) is 51.6 Å². The predicted octanol–water partition coefficient (Wildman–Crippen LogP) is 4.46. The lowest BCUT2D eigenvalue weighted by Crippen LogP contribution is -2.23. The molecule has 3 nitrogen and oxygen atoms in total. The van der Waals surface area contributed by atoms with E-state index in [0.717, 1.165) is 27.2 Å². The molecule has 0 radical (unpaired) electrons. The highest BCUT2D eigenvalue weighted by Crippen LogP contribution is 2.30. The number of nitrogens with one attached hydrogen (secondary N) is 1. The molecule has 0 saturated carbocycles. The molecule has 1 aromatic carbocycles. The predicted molar refractivity (Wildman–Crippen MR) is 88.2 cm³/mol. The minimum absolute atomic E-state index is 0.102. The highest BCUT2D eigenvalue weighted by molar-refractivity contribution is 9.10. The number of nitrogens with zero attached hydrogens (tertiary/aromatic N) is 2. The summed E-state index contributed by atoms with van der Waals surface area (Å²) in [4.78, 5) is 1.14. The van der Waals surface area contributed by atoms with E-state index in [1.807, 2.05) is 0 Å². The molecule has 1 unspecified atom stereocenters. The molecule has 1 aromatic heterocycles. The lowest BCUT2D eigenvalue weighted by molar-refractivity contribution is 0.545.